The third-order valence-corrected chi connectivity index (χ3v) is 3.36. The molecule has 0 spiro atoms. The highest BCUT2D eigenvalue weighted by Gasteiger charge is 2.33. The maximum Gasteiger partial charge on any atom is 0.254 e. The summed E-state index contributed by atoms with van der Waals surface area (Å²) in [7, 11) is 0. The van der Waals surface area contributed by atoms with Crippen LogP contribution in [0.1, 0.15) is 15.9 Å². The summed E-state index contributed by atoms with van der Waals surface area (Å²) in [5.41, 5.74) is 1.51. The van der Waals surface area contributed by atoms with Gasteiger partial charge in [-0.3, -0.25) is 4.79 Å². The number of hydrogen-bond acceptors (Lipinski definition) is 2. The summed E-state index contributed by atoms with van der Waals surface area (Å²) in [4.78, 5) is 14.0. The van der Waals surface area contributed by atoms with Gasteiger partial charge in [-0.05, 0) is 30.2 Å². The van der Waals surface area contributed by atoms with Crippen molar-refractivity contribution < 1.29 is 9.18 Å². The molecule has 1 aromatic rings. The van der Waals surface area contributed by atoms with Gasteiger partial charge in [-0.15, -0.1) is 0 Å². The molecular formula is C12H13FN2O. The molecule has 0 aromatic heterocycles. The van der Waals surface area contributed by atoms with Crippen LogP contribution >= 0.6 is 0 Å². The van der Waals surface area contributed by atoms with Crippen molar-refractivity contribution in [2.24, 2.45) is 0 Å². The number of nitrogens with zero attached hydrogens (tertiary/aromatic N) is 1. The van der Waals surface area contributed by atoms with Gasteiger partial charge in [-0.25, -0.2) is 4.39 Å². The molecule has 3 rings (SSSR count). The zero-order chi connectivity index (χ0) is 11.1. The molecular weight excluding hydrogens is 207 g/mol. The van der Waals surface area contributed by atoms with Gasteiger partial charge in [0.25, 0.3) is 5.91 Å². The normalized spacial score (nSPS) is 23.9. The molecule has 0 aliphatic carbocycles. The van der Waals surface area contributed by atoms with Gasteiger partial charge in [0.2, 0.25) is 0 Å². The monoisotopic (exact) mass is 220 g/mol. The van der Waals surface area contributed by atoms with Gasteiger partial charge in [0.1, 0.15) is 5.82 Å². The fourth-order valence-corrected chi connectivity index (χ4v) is 2.56. The molecule has 1 N–H and O–H groups in total. The summed E-state index contributed by atoms with van der Waals surface area (Å²) in [6, 6.07) is 4.64. The summed E-state index contributed by atoms with van der Waals surface area (Å²) in [6.07, 6.45) is 0.756. The highest BCUT2D eigenvalue weighted by Crippen LogP contribution is 2.24. The molecule has 1 fully saturated rings. The van der Waals surface area contributed by atoms with E-state index in [-0.39, 0.29) is 17.8 Å². The molecule has 2 heterocycles. The van der Waals surface area contributed by atoms with Crippen LogP contribution in [0.15, 0.2) is 18.2 Å². The number of nitrogens with one attached hydrogen (secondary N) is 1. The number of piperazine rings is 1. The second kappa shape index (κ2) is 3.56. The van der Waals surface area contributed by atoms with Crippen molar-refractivity contribution in [2.75, 3.05) is 19.6 Å². The van der Waals surface area contributed by atoms with Crippen molar-refractivity contribution in [1.82, 2.24) is 10.2 Å². The van der Waals surface area contributed by atoms with Crippen molar-refractivity contribution in [2.45, 2.75) is 12.5 Å². The minimum Gasteiger partial charge on any atom is -0.333 e. The Bertz CT molecular complexity index is 447. The Hall–Kier alpha value is -1.42. The minimum atomic E-state index is -0.260. The van der Waals surface area contributed by atoms with Crippen LogP contribution in [-0.2, 0) is 6.42 Å². The molecule has 4 heteroatoms. The number of carbonyl (C=O) groups excluding carboxylic acids is 1. The van der Waals surface area contributed by atoms with Crippen LogP contribution in [0.3, 0.4) is 0 Å². The number of halogens is 1. The molecule has 16 heavy (non-hydrogen) atoms. The fourth-order valence-electron chi connectivity index (χ4n) is 2.56. The smallest absolute Gasteiger partial charge is 0.254 e. The third kappa shape index (κ3) is 1.41. The van der Waals surface area contributed by atoms with Gasteiger partial charge in [0.05, 0.1) is 0 Å². The van der Waals surface area contributed by atoms with Crippen LogP contribution in [0.2, 0.25) is 0 Å². The van der Waals surface area contributed by atoms with E-state index in [1.54, 1.807) is 6.07 Å². The standard InChI is InChI=1S/C12H13FN2O/c13-9-1-2-11-8(5-9)6-10-7-14-3-4-15(10)12(11)16/h1-2,5,10,14H,3-4,6-7H2/t10-/m1/s1. The van der Waals surface area contributed by atoms with E-state index in [4.69, 9.17) is 0 Å². The first kappa shape index (κ1) is 9.78. The maximum atomic E-state index is 13.1. The van der Waals surface area contributed by atoms with E-state index < -0.39 is 0 Å². The van der Waals surface area contributed by atoms with E-state index in [2.05, 4.69) is 5.32 Å². The number of amides is 1. The predicted molar refractivity (Wildman–Crippen MR) is 57.8 cm³/mol. The average molecular weight is 220 g/mol. The molecule has 1 atom stereocenters. The summed E-state index contributed by atoms with van der Waals surface area (Å²) < 4.78 is 13.1. The molecule has 0 saturated carbocycles. The molecule has 1 saturated heterocycles. The van der Waals surface area contributed by atoms with E-state index >= 15 is 0 Å². The molecule has 3 nitrogen and oxygen atoms in total. The fraction of sp³-hybridized carbons (Fsp3) is 0.417. The Morgan fingerprint density at radius 2 is 2.31 bits per heavy atom. The molecule has 84 valence electrons. The predicted octanol–water partition coefficient (Wildman–Crippen LogP) is 0.796. The topological polar surface area (TPSA) is 32.3 Å². The Balaban J connectivity index is 2.03. The van der Waals surface area contributed by atoms with Crippen LogP contribution < -0.4 is 5.32 Å². The third-order valence-electron chi connectivity index (χ3n) is 3.36. The molecule has 1 aromatic carbocycles. The SMILES string of the molecule is O=C1c2ccc(F)cc2C[C@@H]2CNCCN12. The van der Waals surface area contributed by atoms with Crippen molar-refractivity contribution in [3.63, 3.8) is 0 Å². The van der Waals surface area contributed by atoms with Crippen molar-refractivity contribution >= 4 is 5.91 Å². The van der Waals surface area contributed by atoms with Crippen LogP contribution in [0.25, 0.3) is 0 Å². The lowest BCUT2D eigenvalue weighted by Gasteiger charge is -2.40. The van der Waals surface area contributed by atoms with E-state index in [0.29, 0.717) is 5.56 Å². The van der Waals surface area contributed by atoms with Crippen molar-refractivity contribution in [3.8, 4) is 0 Å². The van der Waals surface area contributed by atoms with E-state index in [1.165, 1.54) is 12.1 Å². The zero-order valence-corrected chi connectivity index (χ0v) is 8.87. The van der Waals surface area contributed by atoms with Gasteiger partial charge in [-0.1, -0.05) is 0 Å². The first-order chi connectivity index (χ1) is 7.75. The second-order valence-electron chi connectivity index (χ2n) is 4.36. The number of hydrogen-bond donors (Lipinski definition) is 1. The Labute approximate surface area is 93.2 Å². The summed E-state index contributed by atoms with van der Waals surface area (Å²) >= 11 is 0. The first-order valence-electron chi connectivity index (χ1n) is 5.56. The average Bonchev–Trinajstić information content (AvgIpc) is 2.29. The maximum absolute atomic E-state index is 13.1. The van der Waals surface area contributed by atoms with Crippen molar-refractivity contribution in [1.29, 1.82) is 0 Å². The van der Waals surface area contributed by atoms with Gasteiger partial charge in [-0.2, -0.15) is 0 Å². The van der Waals surface area contributed by atoms with E-state index in [0.717, 1.165) is 31.6 Å². The lowest BCUT2D eigenvalue weighted by Crippen LogP contribution is -2.56. The second-order valence-corrected chi connectivity index (χ2v) is 4.36. The van der Waals surface area contributed by atoms with E-state index in [9.17, 15) is 9.18 Å². The Kier molecular flexibility index (Phi) is 2.17. The summed E-state index contributed by atoms with van der Waals surface area (Å²) in [5.74, 6) is -0.212. The molecule has 0 bridgehead atoms. The lowest BCUT2D eigenvalue weighted by atomic mass is 9.92. The summed E-state index contributed by atoms with van der Waals surface area (Å²) in [6.45, 7) is 2.40. The van der Waals surface area contributed by atoms with Crippen molar-refractivity contribution in [3.05, 3.63) is 35.1 Å². The number of benzene rings is 1. The summed E-state index contributed by atoms with van der Waals surface area (Å²) in [5, 5.41) is 3.26. The molecule has 2 aliphatic heterocycles. The van der Waals surface area contributed by atoms with E-state index in [1.807, 2.05) is 4.90 Å². The Morgan fingerprint density at radius 3 is 3.19 bits per heavy atom. The quantitative estimate of drug-likeness (QED) is 0.701. The highest BCUT2D eigenvalue weighted by atomic mass is 19.1. The van der Waals surface area contributed by atoms with Crippen LogP contribution in [0, 0.1) is 5.82 Å². The van der Waals surface area contributed by atoms with Gasteiger partial charge in [0.15, 0.2) is 0 Å². The molecule has 2 aliphatic rings. The van der Waals surface area contributed by atoms with Gasteiger partial charge < -0.3 is 10.2 Å². The molecule has 1 amide bonds. The largest absolute Gasteiger partial charge is 0.333 e. The minimum absolute atomic E-state index is 0.0488. The molecule has 0 unspecified atom stereocenters. The van der Waals surface area contributed by atoms with Gasteiger partial charge >= 0.3 is 0 Å². The van der Waals surface area contributed by atoms with Crippen LogP contribution in [0.4, 0.5) is 4.39 Å². The zero-order valence-electron chi connectivity index (χ0n) is 8.87. The Morgan fingerprint density at radius 1 is 1.44 bits per heavy atom. The lowest BCUT2D eigenvalue weighted by molar-refractivity contribution is 0.0606. The number of fused-ring (bicyclic) bond motifs is 2. The van der Waals surface area contributed by atoms with Crippen LogP contribution in [-0.4, -0.2) is 36.5 Å². The molecule has 0 radical (unpaired) electrons. The number of rotatable bonds is 0. The first-order valence-corrected chi connectivity index (χ1v) is 5.56. The van der Waals surface area contributed by atoms with Crippen LogP contribution in [0.5, 0.6) is 0 Å². The highest BCUT2D eigenvalue weighted by molar-refractivity contribution is 5.97. The number of carbonyl (C=O) groups is 1. The van der Waals surface area contributed by atoms with Gasteiger partial charge in [0, 0.05) is 31.2 Å².